The smallest absolute Gasteiger partial charge is 0.338 e. The van der Waals surface area contributed by atoms with Gasteiger partial charge in [-0.2, -0.15) is 0 Å². The highest BCUT2D eigenvalue weighted by Gasteiger charge is 2.14. The van der Waals surface area contributed by atoms with Crippen LogP contribution in [0, 0.1) is 9.49 Å². The Morgan fingerprint density at radius 2 is 1.86 bits per heavy atom. The van der Waals surface area contributed by atoms with Crippen LogP contribution in [0.1, 0.15) is 30.6 Å². The molecule has 0 aliphatic carbocycles. The molecule has 0 aliphatic rings. The molecule has 28 heavy (non-hydrogen) atoms. The maximum Gasteiger partial charge on any atom is 0.338 e. The van der Waals surface area contributed by atoms with E-state index >= 15 is 0 Å². The van der Waals surface area contributed by atoms with Crippen LogP contribution in [0.2, 0.25) is 0 Å². The predicted octanol–water partition coefficient (Wildman–Crippen LogP) is 4.52. The lowest BCUT2D eigenvalue weighted by molar-refractivity contribution is -0.119. The lowest BCUT2D eigenvalue weighted by Gasteiger charge is -2.13. The molecule has 2 aromatic rings. The van der Waals surface area contributed by atoms with Crippen molar-refractivity contribution in [1.82, 2.24) is 0 Å². The zero-order chi connectivity index (χ0) is 20.5. The van der Waals surface area contributed by atoms with Crippen LogP contribution in [-0.2, 0) is 9.53 Å². The second kappa shape index (κ2) is 10.9. The Labute approximate surface area is 178 Å². The van der Waals surface area contributed by atoms with E-state index in [0.717, 1.165) is 9.99 Å². The van der Waals surface area contributed by atoms with Gasteiger partial charge in [-0.05, 0) is 65.3 Å². The van der Waals surface area contributed by atoms with E-state index in [2.05, 4.69) is 41.8 Å². The zero-order valence-corrected chi connectivity index (χ0v) is 18.3. The Bertz CT molecular complexity index is 822. The monoisotopic (exact) mass is 497 g/mol. The molecule has 2 aromatic carbocycles. The first kappa shape index (κ1) is 22.0. The van der Waals surface area contributed by atoms with Crippen molar-refractivity contribution in [3.05, 3.63) is 51.6 Å². The molecule has 0 fully saturated rings. The number of ether oxygens (including phenoxy) is 3. The molecule has 150 valence electrons. The van der Waals surface area contributed by atoms with Crippen LogP contribution in [0.5, 0.6) is 11.5 Å². The molecule has 7 heteroatoms. The third-order valence-corrected chi connectivity index (χ3v) is 4.78. The molecule has 0 atom stereocenters. The zero-order valence-electron chi connectivity index (χ0n) is 16.2. The number of rotatable bonds is 9. The second-order valence-corrected chi connectivity index (χ2v) is 7.66. The summed E-state index contributed by atoms with van der Waals surface area (Å²) in [5.41, 5.74) is 0.962. The highest BCUT2D eigenvalue weighted by molar-refractivity contribution is 14.1. The van der Waals surface area contributed by atoms with Gasteiger partial charge in [0.25, 0.3) is 5.91 Å². The molecule has 0 saturated carbocycles. The number of para-hydroxylation sites is 1. The number of carbonyl (C=O) groups excluding carboxylic acids is 2. The largest absolute Gasteiger partial charge is 0.493 e. The third-order valence-electron chi connectivity index (χ3n) is 3.83. The summed E-state index contributed by atoms with van der Waals surface area (Å²) in [6.07, 6.45) is 0.919. The summed E-state index contributed by atoms with van der Waals surface area (Å²) in [4.78, 5) is 24.3. The number of esters is 1. The van der Waals surface area contributed by atoms with Gasteiger partial charge in [-0.25, -0.2) is 4.79 Å². The number of amides is 1. The normalized spacial score (nSPS) is 10.5. The van der Waals surface area contributed by atoms with Gasteiger partial charge in [-0.1, -0.05) is 26.0 Å². The number of carbonyl (C=O) groups is 2. The van der Waals surface area contributed by atoms with E-state index in [4.69, 9.17) is 14.2 Å². The molecule has 0 unspecified atom stereocenters. The molecule has 6 nitrogen and oxygen atoms in total. The van der Waals surface area contributed by atoms with Crippen molar-refractivity contribution in [3.8, 4) is 11.5 Å². The van der Waals surface area contributed by atoms with E-state index in [0.29, 0.717) is 29.7 Å². The molecule has 0 saturated heterocycles. The lowest BCUT2D eigenvalue weighted by Crippen LogP contribution is -2.21. The quantitative estimate of drug-likeness (QED) is 0.408. The van der Waals surface area contributed by atoms with Crippen LogP contribution in [0.25, 0.3) is 0 Å². The van der Waals surface area contributed by atoms with Crippen molar-refractivity contribution in [1.29, 1.82) is 0 Å². The number of methoxy groups -OCH3 is 1. The number of nitrogens with one attached hydrogen (secondary N) is 1. The topological polar surface area (TPSA) is 73.9 Å². The predicted molar refractivity (Wildman–Crippen MR) is 116 cm³/mol. The van der Waals surface area contributed by atoms with Crippen molar-refractivity contribution < 1.29 is 23.8 Å². The number of benzene rings is 2. The first-order chi connectivity index (χ1) is 13.4. The van der Waals surface area contributed by atoms with E-state index in [9.17, 15) is 9.59 Å². The number of hydrogen-bond donors (Lipinski definition) is 1. The van der Waals surface area contributed by atoms with Crippen LogP contribution in [0.3, 0.4) is 0 Å². The molecular formula is C21H24INO5. The van der Waals surface area contributed by atoms with Gasteiger partial charge in [0, 0.05) is 3.57 Å². The summed E-state index contributed by atoms with van der Waals surface area (Å²) < 4.78 is 17.0. The van der Waals surface area contributed by atoms with Crippen molar-refractivity contribution in [3.63, 3.8) is 0 Å². The third kappa shape index (κ3) is 6.70. The highest BCUT2D eigenvalue weighted by Crippen LogP contribution is 2.28. The Morgan fingerprint density at radius 3 is 2.54 bits per heavy atom. The summed E-state index contributed by atoms with van der Waals surface area (Å²) in [5, 5.41) is 2.71. The van der Waals surface area contributed by atoms with Crippen LogP contribution in [-0.4, -0.2) is 32.2 Å². The summed E-state index contributed by atoms with van der Waals surface area (Å²) in [7, 11) is 1.51. The van der Waals surface area contributed by atoms with Crippen LogP contribution in [0.4, 0.5) is 5.69 Å². The molecule has 0 radical (unpaired) electrons. The first-order valence-corrected chi connectivity index (χ1v) is 10.0. The molecular weight excluding hydrogens is 473 g/mol. The van der Waals surface area contributed by atoms with E-state index < -0.39 is 11.9 Å². The van der Waals surface area contributed by atoms with Crippen molar-refractivity contribution >= 4 is 40.2 Å². The maximum atomic E-state index is 12.3. The number of hydrogen-bond acceptors (Lipinski definition) is 5. The number of anilines is 1. The minimum Gasteiger partial charge on any atom is -0.493 e. The SMILES string of the molecule is COc1cc(C(=O)OCC(=O)Nc2ccccc2I)ccc1OCCC(C)C. The van der Waals surface area contributed by atoms with Gasteiger partial charge < -0.3 is 19.5 Å². The fraction of sp³-hybridized carbons (Fsp3) is 0.333. The lowest BCUT2D eigenvalue weighted by atomic mass is 10.1. The Balaban J connectivity index is 1.92. The van der Waals surface area contributed by atoms with Crippen LogP contribution >= 0.6 is 22.6 Å². The molecule has 0 aromatic heterocycles. The molecule has 0 bridgehead atoms. The van der Waals surface area contributed by atoms with E-state index in [-0.39, 0.29) is 12.2 Å². The van der Waals surface area contributed by atoms with Gasteiger partial charge in [0.2, 0.25) is 0 Å². The van der Waals surface area contributed by atoms with Gasteiger partial charge in [-0.3, -0.25) is 4.79 Å². The molecule has 2 rings (SSSR count). The summed E-state index contributed by atoms with van der Waals surface area (Å²) in [6.45, 7) is 4.43. The minimum atomic E-state index is -0.607. The van der Waals surface area contributed by atoms with Gasteiger partial charge in [0.15, 0.2) is 18.1 Å². The molecule has 0 heterocycles. The van der Waals surface area contributed by atoms with Gasteiger partial charge in [-0.15, -0.1) is 0 Å². The second-order valence-electron chi connectivity index (χ2n) is 6.50. The first-order valence-electron chi connectivity index (χ1n) is 8.93. The summed E-state index contributed by atoms with van der Waals surface area (Å²) in [6, 6.07) is 12.2. The minimum absolute atomic E-state index is 0.287. The van der Waals surface area contributed by atoms with Crippen molar-refractivity contribution in [2.24, 2.45) is 5.92 Å². The standard InChI is InChI=1S/C21H24INO5/c1-14(2)10-11-27-18-9-8-15(12-19(18)26-3)21(25)28-13-20(24)23-17-7-5-4-6-16(17)22/h4-9,12,14H,10-11,13H2,1-3H3,(H,23,24). The van der Waals surface area contributed by atoms with Gasteiger partial charge in [0.1, 0.15) is 0 Å². The molecule has 0 aliphatic heterocycles. The van der Waals surface area contributed by atoms with Gasteiger partial charge in [0.05, 0.1) is 25.0 Å². The molecule has 1 amide bonds. The summed E-state index contributed by atoms with van der Waals surface area (Å²) >= 11 is 2.12. The Kier molecular flexibility index (Phi) is 8.56. The maximum absolute atomic E-state index is 12.3. The van der Waals surface area contributed by atoms with E-state index in [1.165, 1.54) is 7.11 Å². The van der Waals surface area contributed by atoms with Crippen molar-refractivity contribution in [2.75, 3.05) is 25.6 Å². The molecule has 1 N–H and O–H groups in total. The Morgan fingerprint density at radius 1 is 1.11 bits per heavy atom. The van der Waals surface area contributed by atoms with Crippen molar-refractivity contribution in [2.45, 2.75) is 20.3 Å². The van der Waals surface area contributed by atoms with Crippen LogP contribution in [0.15, 0.2) is 42.5 Å². The Hall–Kier alpha value is -2.29. The summed E-state index contributed by atoms with van der Waals surface area (Å²) in [5.74, 6) is 0.533. The van der Waals surface area contributed by atoms with E-state index in [1.807, 2.05) is 18.2 Å². The van der Waals surface area contributed by atoms with E-state index in [1.54, 1.807) is 24.3 Å². The van der Waals surface area contributed by atoms with Crippen LogP contribution < -0.4 is 14.8 Å². The number of halogens is 1. The molecule has 0 spiro atoms. The highest BCUT2D eigenvalue weighted by atomic mass is 127. The average molecular weight is 497 g/mol. The average Bonchev–Trinajstić information content (AvgIpc) is 2.67. The van der Waals surface area contributed by atoms with Gasteiger partial charge >= 0.3 is 5.97 Å². The fourth-order valence-corrected chi connectivity index (χ4v) is 2.80. The fourth-order valence-electron chi connectivity index (χ4n) is 2.28.